The van der Waals surface area contributed by atoms with E-state index in [-0.39, 0.29) is 22.0 Å². The summed E-state index contributed by atoms with van der Waals surface area (Å²) in [6.45, 7) is 0. The number of hydrogen-bond donors (Lipinski definition) is 2. The van der Waals surface area contributed by atoms with Crippen LogP contribution in [-0.4, -0.2) is 30.9 Å². The SMILES string of the molecule is CN1C(=O)C(NC(=O)Nc2ccc(C(F)(F)F)cc2Cl)N=C(c2ccccc2F)c2ccccc21. The molecule has 0 fully saturated rings. The number of halogens is 5. The Morgan fingerprint density at radius 2 is 1.69 bits per heavy atom. The normalized spacial score (nSPS) is 15.7. The molecule has 0 bridgehead atoms. The number of nitrogens with zero attached hydrogens (tertiary/aromatic N) is 2. The first kappa shape index (κ1) is 24.2. The van der Waals surface area contributed by atoms with Crippen molar-refractivity contribution in [2.75, 3.05) is 17.3 Å². The van der Waals surface area contributed by atoms with Crippen LogP contribution >= 0.6 is 11.6 Å². The number of amides is 3. The van der Waals surface area contributed by atoms with E-state index in [2.05, 4.69) is 15.6 Å². The third-order valence-electron chi connectivity index (χ3n) is 5.28. The number of para-hydroxylation sites is 1. The van der Waals surface area contributed by atoms with Crippen molar-refractivity contribution in [2.24, 2.45) is 4.99 Å². The number of hydrogen-bond acceptors (Lipinski definition) is 3. The van der Waals surface area contributed by atoms with Gasteiger partial charge in [0.15, 0.2) is 0 Å². The minimum atomic E-state index is -4.60. The summed E-state index contributed by atoms with van der Waals surface area (Å²) in [6.07, 6.45) is -6.07. The molecule has 180 valence electrons. The summed E-state index contributed by atoms with van der Waals surface area (Å²) in [5, 5.41) is 4.35. The van der Waals surface area contributed by atoms with Crippen LogP contribution in [0.1, 0.15) is 16.7 Å². The topological polar surface area (TPSA) is 73.8 Å². The second-order valence-electron chi connectivity index (χ2n) is 7.57. The Bertz CT molecular complexity index is 1340. The quantitative estimate of drug-likeness (QED) is 0.465. The van der Waals surface area contributed by atoms with Gasteiger partial charge in [-0.25, -0.2) is 14.2 Å². The van der Waals surface area contributed by atoms with E-state index in [1.54, 1.807) is 30.3 Å². The first-order valence-corrected chi connectivity index (χ1v) is 10.6. The lowest BCUT2D eigenvalue weighted by molar-refractivity contribution is -0.137. The standard InChI is InChI=1S/C24H17ClF4N4O2/c1-33-19-9-5-3-7-15(19)20(14-6-2-4-8-17(14)26)31-21(22(33)34)32-23(35)30-18-11-10-13(12-16(18)25)24(27,28)29/h2-12,21H,1H3,(H2,30,32,35). The first-order chi connectivity index (χ1) is 16.6. The highest BCUT2D eigenvalue weighted by Gasteiger charge is 2.33. The Balaban J connectivity index is 1.66. The van der Waals surface area contributed by atoms with Crippen LogP contribution in [-0.2, 0) is 11.0 Å². The maximum Gasteiger partial charge on any atom is 0.416 e. The predicted molar refractivity (Wildman–Crippen MR) is 124 cm³/mol. The Morgan fingerprint density at radius 3 is 2.34 bits per heavy atom. The van der Waals surface area contributed by atoms with Crippen molar-refractivity contribution in [1.82, 2.24) is 5.32 Å². The van der Waals surface area contributed by atoms with Crippen LogP contribution in [0.5, 0.6) is 0 Å². The summed E-state index contributed by atoms with van der Waals surface area (Å²) in [6, 6.07) is 14.1. The summed E-state index contributed by atoms with van der Waals surface area (Å²) in [5.74, 6) is -1.18. The van der Waals surface area contributed by atoms with Crippen LogP contribution in [0.2, 0.25) is 5.02 Å². The van der Waals surface area contributed by atoms with Crippen molar-refractivity contribution in [3.05, 3.63) is 94.3 Å². The number of likely N-dealkylation sites (N-methyl/N-ethyl adjacent to an activating group) is 1. The third-order valence-corrected chi connectivity index (χ3v) is 5.60. The van der Waals surface area contributed by atoms with Gasteiger partial charge in [0, 0.05) is 18.2 Å². The fourth-order valence-electron chi connectivity index (χ4n) is 3.56. The van der Waals surface area contributed by atoms with Gasteiger partial charge < -0.3 is 15.5 Å². The number of benzodiazepines with no additional fused rings is 1. The molecule has 1 unspecified atom stereocenters. The van der Waals surface area contributed by atoms with Gasteiger partial charge in [-0.1, -0.05) is 41.9 Å². The summed E-state index contributed by atoms with van der Waals surface area (Å²) in [5.41, 5.74) is 0.119. The van der Waals surface area contributed by atoms with Gasteiger partial charge in [-0.3, -0.25) is 4.79 Å². The van der Waals surface area contributed by atoms with Gasteiger partial charge in [-0.05, 0) is 36.4 Å². The lowest BCUT2D eigenvalue weighted by Gasteiger charge is -2.21. The van der Waals surface area contributed by atoms with Gasteiger partial charge in [0.2, 0.25) is 6.17 Å². The molecule has 3 amide bonds. The maximum atomic E-state index is 14.7. The zero-order chi connectivity index (χ0) is 25.3. The number of aliphatic imine (C=N–C) groups is 1. The number of carbonyl (C=O) groups is 2. The monoisotopic (exact) mass is 504 g/mol. The van der Waals surface area contributed by atoms with Gasteiger partial charge in [0.1, 0.15) is 5.82 Å². The Labute approximate surface area is 202 Å². The van der Waals surface area contributed by atoms with E-state index in [1.807, 2.05) is 0 Å². The van der Waals surface area contributed by atoms with Crippen molar-refractivity contribution in [1.29, 1.82) is 0 Å². The average Bonchev–Trinajstić information content (AvgIpc) is 2.91. The van der Waals surface area contributed by atoms with Crippen LogP contribution in [0.15, 0.2) is 71.7 Å². The lowest BCUT2D eigenvalue weighted by atomic mass is 10.00. The molecule has 0 saturated heterocycles. The van der Waals surface area contributed by atoms with E-state index in [0.717, 1.165) is 12.1 Å². The van der Waals surface area contributed by atoms with Gasteiger partial charge in [-0.2, -0.15) is 13.2 Å². The minimum Gasteiger partial charge on any atom is -0.311 e. The molecular weight excluding hydrogens is 488 g/mol. The highest BCUT2D eigenvalue weighted by atomic mass is 35.5. The number of rotatable bonds is 3. The van der Waals surface area contributed by atoms with Crippen molar-refractivity contribution in [2.45, 2.75) is 12.3 Å². The predicted octanol–water partition coefficient (Wildman–Crippen LogP) is 5.46. The minimum absolute atomic E-state index is 0.104. The number of fused-ring (bicyclic) bond motifs is 1. The fourth-order valence-corrected chi connectivity index (χ4v) is 3.79. The number of nitrogens with one attached hydrogen (secondary N) is 2. The molecule has 1 aliphatic rings. The van der Waals surface area contributed by atoms with Crippen molar-refractivity contribution in [3.8, 4) is 0 Å². The summed E-state index contributed by atoms with van der Waals surface area (Å²) < 4.78 is 53.3. The van der Waals surface area contributed by atoms with Crippen molar-refractivity contribution < 1.29 is 27.2 Å². The molecule has 0 radical (unpaired) electrons. The first-order valence-electron chi connectivity index (χ1n) is 10.2. The van der Waals surface area contributed by atoms with Crippen molar-refractivity contribution >= 4 is 40.6 Å². The smallest absolute Gasteiger partial charge is 0.311 e. The number of alkyl halides is 3. The molecule has 3 aromatic rings. The molecule has 35 heavy (non-hydrogen) atoms. The van der Waals surface area contributed by atoms with Crippen LogP contribution in [0, 0.1) is 5.82 Å². The van der Waals surface area contributed by atoms with E-state index in [0.29, 0.717) is 17.3 Å². The highest BCUT2D eigenvalue weighted by molar-refractivity contribution is 6.33. The molecule has 2 N–H and O–H groups in total. The summed E-state index contributed by atoms with van der Waals surface area (Å²) in [4.78, 5) is 31.4. The van der Waals surface area contributed by atoms with Gasteiger partial charge in [0.05, 0.1) is 27.7 Å². The van der Waals surface area contributed by atoms with E-state index in [9.17, 15) is 27.2 Å². The Morgan fingerprint density at radius 1 is 1.03 bits per heavy atom. The molecule has 4 rings (SSSR count). The van der Waals surface area contributed by atoms with E-state index in [4.69, 9.17) is 11.6 Å². The highest BCUT2D eigenvalue weighted by Crippen LogP contribution is 2.34. The molecule has 0 spiro atoms. The van der Waals surface area contributed by atoms with Crippen LogP contribution in [0.3, 0.4) is 0 Å². The zero-order valence-electron chi connectivity index (χ0n) is 18.0. The van der Waals surface area contributed by atoms with E-state index in [1.165, 1.54) is 30.1 Å². The average molecular weight is 505 g/mol. The van der Waals surface area contributed by atoms with Gasteiger partial charge in [-0.15, -0.1) is 0 Å². The second kappa shape index (κ2) is 9.38. The lowest BCUT2D eigenvalue weighted by Crippen LogP contribution is -2.47. The molecule has 0 aromatic heterocycles. The molecule has 1 atom stereocenters. The van der Waals surface area contributed by atoms with Crippen molar-refractivity contribution in [3.63, 3.8) is 0 Å². The Hall–Kier alpha value is -3.92. The Kier molecular flexibility index (Phi) is 6.49. The third kappa shape index (κ3) is 4.97. The molecule has 0 aliphatic carbocycles. The summed E-state index contributed by atoms with van der Waals surface area (Å²) in [7, 11) is 1.49. The van der Waals surface area contributed by atoms with E-state index < -0.39 is 35.7 Å². The fraction of sp³-hybridized carbons (Fsp3) is 0.125. The second-order valence-corrected chi connectivity index (χ2v) is 7.97. The molecular formula is C24H17ClF4N4O2. The summed E-state index contributed by atoms with van der Waals surface area (Å²) >= 11 is 5.89. The number of anilines is 2. The molecule has 3 aromatic carbocycles. The number of urea groups is 1. The van der Waals surface area contributed by atoms with E-state index >= 15 is 0 Å². The molecule has 11 heteroatoms. The molecule has 6 nitrogen and oxygen atoms in total. The number of carbonyl (C=O) groups excluding carboxylic acids is 2. The zero-order valence-corrected chi connectivity index (χ0v) is 18.8. The molecule has 0 saturated carbocycles. The maximum absolute atomic E-state index is 14.7. The number of benzene rings is 3. The van der Waals surface area contributed by atoms with Crippen LogP contribution in [0.25, 0.3) is 0 Å². The van der Waals surface area contributed by atoms with Gasteiger partial charge >= 0.3 is 12.2 Å². The van der Waals surface area contributed by atoms with Crippen LogP contribution < -0.4 is 15.5 Å². The molecule has 1 aliphatic heterocycles. The van der Waals surface area contributed by atoms with Crippen LogP contribution in [0.4, 0.5) is 33.7 Å². The van der Waals surface area contributed by atoms with Gasteiger partial charge in [0.25, 0.3) is 5.91 Å². The molecule has 1 heterocycles. The largest absolute Gasteiger partial charge is 0.416 e.